The summed E-state index contributed by atoms with van der Waals surface area (Å²) < 4.78 is 13.4. The SMILES string of the molecule is Cc1cc(F)cc(C(=O)NC2(/C(N)=N/O)CCCCC2)c1. The van der Waals surface area contributed by atoms with Crippen molar-refractivity contribution in [3.05, 3.63) is 35.1 Å². The first-order valence-electron chi connectivity index (χ1n) is 7.04. The van der Waals surface area contributed by atoms with E-state index in [-0.39, 0.29) is 11.4 Å². The van der Waals surface area contributed by atoms with Gasteiger partial charge in [0.15, 0.2) is 5.84 Å². The van der Waals surface area contributed by atoms with Crippen molar-refractivity contribution in [2.75, 3.05) is 0 Å². The molecule has 1 aromatic rings. The fraction of sp³-hybridized carbons (Fsp3) is 0.467. The van der Waals surface area contributed by atoms with Gasteiger partial charge in [-0.25, -0.2) is 4.39 Å². The third-order valence-electron chi connectivity index (χ3n) is 3.96. The normalized spacial score (nSPS) is 18.3. The number of benzene rings is 1. The highest BCUT2D eigenvalue weighted by atomic mass is 19.1. The van der Waals surface area contributed by atoms with E-state index in [4.69, 9.17) is 10.9 Å². The van der Waals surface area contributed by atoms with Crippen LogP contribution < -0.4 is 11.1 Å². The van der Waals surface area contributed by atoms with E-state index in [1.54, 1.807) is 13.0 Å². The molecule has 1 fully saturated rings. The topological polar surface area (TPSA) is 87.7 Å². The first-order valence-corrected chi connectivity index (χ1v) is 7.04. The van der Waals surface area contributed by atoms with Gasteiger partial charge in [0.05, 0.1) is 0 Å². The van der Waals surface area contributed by atoms with Gasteiger partial charge in [-0.2, -0.15) is 0 Å². The highest BCUT2D eigenvalue weighted by Crippen LogP contribution is 2.29. The van der Waals surface area contributed by atoms with Gasteiger partial charge < -0.3 is 16.3 Å². The number of nitrogens with one attached hydrogen (secondary N) is 1. The van der Waals surface area contributed by atoms with Crippen LogP contribution >= 0.6 is 0 Å². The maximum Gasteiger partial charge on any atom is 0.252 e. The molecule has 0 unspecified atom stereocenters. The summed E-state index contributed by atoms with van der Waals surface area (Å²) in [7, 11) is 0. The van der Waals surface area contributed by atoms with Crippen molar-refractivity contribution >= 4 is 11.7 Å². The molecule has 6 heteroatoms. The molecule has 114 valence electrons. The molecule has 1 aliphatic rings. The van der Waals surface area contributed by atoms with Crippen molar-refractivity contribution in [3.63, 3.8) is 0 Å². The molecule has 1 aromatic carbocycles. The van der Waals surface area contributed by atoms with E-state index in [9.17, 15) is 9.18 Å². The van der Waals surface area contributed by atoms with Gasteiger partial charge >= 0.3 is 0 Å². The highest BCUT2D eigenvalue weighted by molar-refractivity contribution is 6.00. The minimum atomic E-state index is -0.843. The molecule has 0 bridgehead atoms. The quantitative estimate of drug-likeness (QED) is 0.346. The number of rotatable bonds is 3. The third-order valence-corrected chi connectivity index (χ3v) is 3.96. The number of carbonyl (C=O) groups excluding carboxylic acids is 1. The van der Waals surface area contributed by atoms with Gasteiger partial charge in [-0.3, -0.25) is 4.79 Å². The number of aryl methyl sites for hydroxylation is 1. The van der Waals surface area contributed by atoms with Crippen LogP contribution in [0.15, 0.2) is 23.4 Å². The molecule has 0 atom stereocenters. The highest BCUT2D eigenvalue weighted by Gasteiger charge is 2.38. The predicted octanol–water partition coefficient (Wildman–Crippen LogP) is 2.31. The summed E-state index contributed by atoms with van der Waals surface area (Å²) in [5.74, 6) is -0.864. The summed E-state index contributed by atoms with van der Waals surface area (Å²) in [5.41, 5.74) is 5.84. The van der Waals surface area contributed by atoms with Crippen LogP contribution in [-0.4, -0.2) is 22.5 Å². The van der Waals surface area contributed by atoms with Gasteiger partial charge in [0.25, 0.3) is 5.91 Å². The van der Waals surface area contributed by atoms with Crippen molar-refractivity contribution in [2.45, 2.75) is 44.6 Å². The zero-order valence-electron chi connectivity index (χ0n) is 12.0. The van der Waals surface area contributed by atoms with E-state index in [2.05, 4.69) is 10.5 Å². The van der Waals surface area contributed by atoms with E-state index >= 15 is 0 Å². The van der Waals surface area contributed by atoms with Crippen molar-refractivity contribution < 1.29 is 14.4 Å². The van der Waals surface area contributed by atoms with Gasteiger partial charge in [0.1, 0.15) is 11.4 Å². The van der Waals surface area contributed by atoms with Crippen LogP contribution in [0.5, 0.6) is 0 Å². The summed E-state index contributed by atoms with van der Waals surface area (Å²) in [6.45, 7) is 1.72. The standard InChI is InChI=1S/C15H20FN3O2/c1-10-7-11(9-12(16)8-10)13(20)18-15(14(17)19-21)5-3-2-4-6-15/h7-9,21H,2-6H2,1H3,(H2,17,19)(H,18,20). The Hall–Kier alpha value is -2.11. The molecular weight excluding hydrogens is 273 g/mol. The summed E-state index contributed by atoms with van der Waals surface area (Å²) >= 11 is 0. The Balaban J connectivity index is 2.26. The average Bonchev–Trinajstić information content (AvgIpc) is 2.46. The molecule has 0 aliphatic heterocycles. The van der Waals surface area contributed by atoms with Gasteiger partial charge in [-0.05, 0) is 43.5 Å². The minimum absolute atomic E-state index is 0.00340. The second-order valence-corrected chi connectivity index (χ2v) is 5.60. The minimum Gasteiger partial charge on any atom is -0.409 e. The predicted molar refractivity (Wildman–Crippen MR) is 77.8 cm³/mol. The van der Waals surface area contributed by atoms with Crippen LogP contribution in [0.1, 0.15) is 48.0 Å². The van der Waals surface area contributed by atoms with Crippen molar-refractivity contribution in [2.24, 2.45) is 10.9 Å². The molecule has 0 radical (unpaired) electrons. The maximum atomic E-state index is 13.4. The van der Waals surface area contributed by atoms with Crippen LogP contribution in [0.3, 0.4) is 0 Å². The fourth-order valence-electron chi connectivity index (χ4n) is 2.85. The summed E-state index contributed by atoms with van der Waals surface area (Å²) in [5, 5.41) is 14.9. The molecule has 0 saturated heterocycles. The molecule has 2 rings (SSSR count). The van der Waals surface area contributed by atoms with Crippen LogP contribution in [0.4, 0.5) is 4.39 Å². The van der Waals surface area contributed by atoms with Crippen LogP contribution in [0, 0.1) is 12.7 Å². The van der Waals surface area contributed by atoms with Gasteiger partial charge in [0.2, 0.25) is 0 Å². The molecular formula is C15H20FN3O2. The molecule has 21 heavy (non-hydrogen) atoms. The van der Waals surface area contributed by atoms with Crippen molar-refractivity contribution in [1.29, 1.82) is 0 Å². The summed E-state index contributed by atoms with van der Waals surface area (Å²) in [6, 6.07) is 4.16. The summed E-state index contributed by atoms with van der Waals surface area (Å²) in [6.07, 6.45) is 4.05. The van der Waals surface area contributed by atoms with Crippen LogP contribution in [-0.2, 0) is 0 Å². The van der Waals surface area contributed by atoms with E-state index < -0.39 is 17.3 Å². The lowest BCUT2D eigenvalue weighted by Crippen LogP contribution is -2.58. The second kappa shape index (κ2) is 6.11. The molecule has 5 nitrogen and oxygen atoms in total. The number of halogens is 1. The molecule has 4 N–H and O–H groups in total. The first-order chi connectivity index (χ1) is 9.97. The Kier molecular flexibility index (Phi) is 4.45. The number of amides is 1. The summed E-state index contributed by atoms with van der Waals surface area (Å²) in [4.78, 5) is 12.4. The van der Waals surface area contributed by atoms with Crippen molar-refractivity contribution in [1.82, 2.24) is 5.32 Å². The molecule has 0 aromatic heterocycles. The lowest BCUT2D eigenvalue weighted by molar-refractivity contribution is 0.0905. The van der Waals surface area contributed by atoms with Gasteiger partial charge in [-0.15, -0.1) is 0 Å². The van der Waals surface area contributed by atoms with E-state index in [1.165, 1.54) is 12.1 Å². The Morgan fingerprint density at radius 2 is 2.00 bits per heavy atom. The van der Waals surface area contributed by atoms with E-state index in [0.717, 1.165) is 19.3 Å². The van der Waals surface area contributed by atoms with Gasteiger partial charge in [-0.1, -0.05) is 24.4 Å². The lowest BCUT2D eigenvalue weighted by Gasteiger charge is -2.36. The van der Waals surface area contributed by atoms with Crippen LogP contribution in [0.2, 0.25) is 0 Å². The Labute approximate surface area is 123 Å². The molecule has 1 amide bonds. The first kappa shape index (κ1) is 15.3. The number of hydrogen-bond donors (Lipinski definition) is 3. The Morgan fingerprint density at radius 3 is 2.57 bits per heavy atom. The number of nitrogens with two attached hydrogens (primary N) is 1. The van der Waals surface area contributed by atoms with E-state index in [0.29, 0.717) is 18.4 Å². The molecule has 0 heterocycles. The van der Waals surface area contributed by atoms with Crippen LogP contribution in [0.25, 0.3) is 0 Å². The Morgan fingerprint density at radius 1 is 1.33 bits per heavy atom. The van der Waals surface area contributed by atoms with Gasteiger partial charge in [0, 0.05) is 5.56 Å². The zero-order valence-corrected chi connectivity index (χ0v) is 12.0. The number of oxime groups is 1. The largest absolute Gasteiger partial charge is 0.409 e. The number of carbonyl (C=O) groups is 1. The monoisotopic (exact) mass is 293 g/mol. The van der Waals surface area contributed by atoms with Crippen molar-refractivity contribution in [3.8, 4) is 0 Å². The number of nitrogens with zero attached hydrogens (tertiary/aromatic N) is 1. The molecule has 1 aliphatic carbocycles. The smallest absolute Gasteiger partial charge is 0.252 e. The lowest BCUT2D eigenvalue weighted by atomic mass is 9.80. The maximum absolute atomic E-state index is 13.4. The fourth-order valence-corrected chi connectivity index (χ4v) is 2.85. The second-order valence-electron chi connectivity index (χ2n) is 5.60. The third kappa shape index (κ3) is 3.32. The molecule has 1 saturated carbocycles. The van der Waals surface area contributed by atoms with E-state index in [1.807, 2.05) is 0 Å². The zero-order chi connectivity index (χ0) is 15.5. The average molecular weight is 293 g/mol. The number of hydrogen-bond acceptors (Lipinski definition) is 3. The number of amidine groups is 1. The molecule has 0 spiro atoms. The Bertz CT molecular complexity index is 546.